The van der Waals surface area contributed by atoms with Gasteiger partial charge in [0.1, 0.15) is 35.2 Å². The lowest BCUT2D eigenvalue weighted by atomic mass is 9.84. The van der Waals surface area contributed by atoms with E-state index >= 15 is 8.78 Å². The molecule has 4 aromatic rings. The van der Waals surface area contributed by atoms with Gasteiger partial charge in [-0.3, -0.25) is 4.98 Å². The quantitative estimate of drug-likeness (QED) is 0.355. The highest BCUT2D eigenvalue weighted by Crippen LogP contribution is 2.46. The van der Waals surface area contributed by atoms with Crippen molar-refractivity contribution in [1.29, 1.82) is 0 Å². The molecule has 1 aromatic carbocycles. The van der Waals surface area contributed by atoms with Gasteiger partial charge in [0.05, 0.1) is 12.7 Å². The summed E-state index contributed by atoms with van der Waals surface area (Å²) in [6, 6.07) is 6.48. The summed E-state index contributed by atoms with van der Waals surface area (Å²) < 4.78 is 72.9. The van der Waals surface area contributed by atoms with Crippen LogP contribution in [0, 0.1) is 29.3 Å². The van der Waals surface area contributed by atoms with E-state index in [-0.39, 0.29) is 11.3 Å². The Morgan fingerprint density at radius 2 is 1.71 bits per heavy atom. The molecule has 3 aromatic heterocycles. The maximum absolute atomic E-state index is 15.6. The fourth-order valence-electron chi connectivity index (χ4n) is 3.12. The monoisotopic (exact) mass is 472 g/mol. The summed E-state index contributed by atoms with van der Waals surface area (Å²) in [5.74, 6) is -1.83. The Bertz CT molecular complexity index is 1350. The van der Waals surface area contributed by atoms with E-state index < -0.39 is 46.8 Å². The number of aliphatic hydroxyl groups is 1. The number of hydrogen-bond donors (Lipinski definition) is 1. The summed E-state index contributed by atoms with van der Waals surface area (Å²) in [5, 5.41) is 21.2. The topological polar surface area (TPSA) is 89.6 Å². The van der Waals surface area contributed by atoms with E-state index in [0.29, 0.717) is 6.07 Å². The molecule has 0 amide bonds. The zero-order valence-electron chi connectivity index (χ0n) is 17.0. The summed E-state index contributed by atoms with van der Waals surface area (Å²) in [6.45, 7) is -0.963. The number of benzene rings is 1. The highest BCUT2D eigenvalue weighted by Gasteiger charge is 2.57. The van der Waals surface area contributed by atoms with Gasteiger partial charge in [-0.1, -0.05) is 5.92 Å². The van der Waals surface area contributed by atoms with Crippen molar-refractivity contribution in [3.05, 3.63) is 101 Å². The van der Waals surface area contributed by atoms with Crippen molar-refractivity contribution < 1.29 is 27.1 Å². The molecule has 0 bridgehead atoms. The molecule has 34 heavy (non-hydrogen) atoms. The van der Waals surface area contributed by atoms with Crippen LogP contribution in [0.2, 0.25) is 0 Å². The molecule has 172 valence electrons. The molecular formula is C22H13F5N6O. The normalized spacial score (nSPS) is 13.1. The fraction of sp³-hybridized carbons (Fsp3) is 0.136. The van der Waals surface area contributed by atoms with Crippen molar-refractivity contribution in [2.24, 2.45) is 0 Å². The lowest BCUT2D eigenvalue weighted by molar-refractivity contribution is -0.207. The van der Waals surface area contributed by atoms with Crippen LogP contribution >= 0.6 is 0 Å². The molecule has 3 heterocycles. The number of rotatable bonds is 5. The number of pyridine rings is 2. The minimum absolute atomic E-state index is 0.225. The molecule has 0 radical (unpaired) electrons. The minimum atomic E-state index is -4.18. The molecule has 0 aliphatic heterocycles. The van der Waals surface area contributed by atoms with Gasteiger partial charge >= 0.3 is 5.92 Å². The van der Waals surface area contributed by atoms with Gasteiger partial charge in [0, 0.05) is 23.4 Å². The van der Waals surface area contributed by atoms with Crippen molar-refractivity contribution in [2.45, 2.75) is 18.1 Å². The van der Waals surface area contributed by atoms with Crippen molar-refractivity contribution in [3.63, 3.8) is 0 Å². The second-order valence-electron chi connectivity index (χ2n) is 7.11. The standard InChI is InChI=1S/C22H13F5N6O/c23-15-4-7-18(19(25)9-15)21(34,12-33-13-30-31-32-33)22(26,27)20-8-2-14(10-29-20)1-5-17-6-3-16(24)11-28-17/h2-4,6-11,13,34H,12H2. The van der Waals surface area contributed by atoms with E-state index in [2.05, 4.69) is 37.3 Å². The molecular weight excluding hydrogens is 459 g/mol. The van der Waals surface area contributed by atoms with Crippen LogP contribution in [0.3, 0.4) is 0 Å². The second kappa shape index (κ2) is 8.95. The number of tetrazole rings is 1. The van der Waals surface area contributed by atoms with E-state index in [1.807, 2.05) is 0 Å². The van der Waals surface area contributed by atoms with Crippen molar-refractivity contribution in [1.82, 2.24) is 30.2 Å². The highest BCUT2D eigenvalue weighted by atomic mass is 19.3. The molecule has 0 spiro atoms. The van der Waals surface area contributed by atoms with Crippen molar-refractivity contribution in [3.8, 4) is 11.8 Å². The largest absolute Gasteiger partial charge is 0.377 e. The summed E-state index contributed by atoms with van der Waals surface area (Å²) in [4.78, 5) is 7.46. The number of halogens is 5. The zero-order chi connectivity index (χ0) is 24.3. The van der Waals surface area contributed by atoms with E-state index in [1.165, 1.54) is 18.2 Å². The molecule has 1 N–H and O–H groups in total. The molecule has 0 saturated heterocycles. The van der Waals surface area contributed by atoms with Crippen LogP contribution < -0.4 is 0 Å². The van der Waals surface area contributed by atoms with Gasteiger partial charge in [-0.2, -0.15) is 8.78 Å². The third-order valence-electron chi connectivity index (χ3n) is 4.83. The summed E-state index contributed by atoms with van der Waals surface area (Å²) >= 11 is 0. The van der Waals surface area contributed by atoms with E-state index in [1.54, 1.807) is 0 Å². The first-order chi connectivity index (χ1) is 16.2. The fourth-order valence-corrected chi connectivity index (χ4v) is 3.12. The number of alkyl halides is 2. The molecule has 1 atom stereocenters. The maximum atomic E-state index is 15.6. The summed E-state index contributed by atoms with van der Waals surface area (Å²) in [7, 11) is 0. The first-order valence-corrected chi connectivity index (χ1v) is 9.56. The van der Waals surface area contributed by atoms with Gasteiger partial charge in [0.25, 0.3) is 0 Å². The van der Waals surface area contributed by atoms with Gasteiger partial charge in [-0.15, -0.1) is 5.10 Å². The Balaban J connectivity index is 1.71. The van der Waals surface area contributed by atoms with Crippen molar-refractivity contribution in [2.75, 3.05) is 0 Å². The van der Waals surface area contributed by atoms with Gasteiger partial charge < -0.3 is 5.11 Å². The van der Waals surface area contributed by atoms with Gasteiger partial charge in [-0.25, -0.2) is 22.8 Å². The molecule has 12 heteroatoms. The average molecular weight is 472 g/mol. The first kappa shape index (κ1) is 22.9. The smallest absolute Gasteiger partial charge is 0.323 e. The minimum Gasteiger partial charge on any atom is -0.377 e. The molecule has 1 unspecified atom stereocenters. The SMILES string of the molecule is OC(Cn1cnnn1)(c1ccc(F)cc1F)C(F)(F)c1ccc(C#Cc2ccc(F)cn2)cn1. The Labute approximate surface area is 188 Å². The number of nitrogens with zero attached hydrogens (tertiary/aromatic N) is 6. The lowest BCUT2D eigenvalue weighted by Gasteiger charge is -2.35. The number of hydrogen-bond acceptors (Lipinski definition) is 6. The van der Waals surface area contributed by atoms with Crippen LogP contribution in [-0.2, 0) is 18.1 Å². The molecule has 0 fully saturated rings. The Morgan fingerprint density at radius 3 is 2.32 bits per heavy atom. The zero-order valence-corrected chi connectivity index (χ0v) is 17.0. The van der Waals surface area contributed by atoms with E-state index in [4.69, 9.17) is 0 Å². The summed E-state index contributed by atoms with van der Waals surface area (Å²) in [5.41, 5.74) is -4.54. The molecule has 0 aliphatic carbocycles. The van der Waals surface area contributed by atoms with Gasteiger partial charge in [0.15, 0.2) is 5.60 Å². The highest BCUT2D eigenvalue weighted by molar-refractivity contribution is 5.40. The Kier molecular flexibility index (Phi) is 6.04. The van der Waals surface area contributed by atoms with Crippen LogP contribution in [0.4, 0.5) is 22.0 Å². The van der Waals surface area contributed by atoms with Crippen LogP contribution in [0.15, 0.2) is 61.2 Å². The third-order valence-corrected chi connectivity index (χ3v) is 4.83. The van der Waals surface area contributed by atoms with Gasteiger partial charge in [0.2, 0.25) is 0 Å². The van der Waals surface area contributed by atoms with Crippen LogP contribution in [0.25, 0.3) is 0 Å². The van der Waals surface area contributed by atoms with E-state index in [9.17, 15) is 18.3 Å². The predicted octanol–water partition coefficient (Wildman–Crippen LogP) is 2.96. The first-order valence-electron chi connectivity index (χ1n) is 9.56. The molecule has 0 aliphatic rings. The van der Waals surface area contributed by atoms with Crippen LogP contribution in [0.1, 0.15) is 22.5 Å². The predicted molar refractivity (Wildman–Crippen MR) is 106 cm³/mol. The number of aromatic nitrogens is 6. The second-order valence-corrected chi connectivity index (χ2v) is 7.11. The molecule has 4 rings (SSSR count). The van der Waals surface area contributed by atoms with E-state index in [0.717, 1.165) is 41.6 Å². The van der Waals surface area contributed by atoms with Crippen LogP contribution in [0.5, 0.6) is 0 Å². The lowest BCUT2D eigenvalue weighted by Crippen LogP contribution is -2.48. The molecule has 0 saturated carbocycles. The molecule has 7 nitrogen and oxygen atoms in total. The average Bonchev–Trinajstić information content (AvgIpc) is 3.31. The van der Waals surface area contributed by atoms with Crippen molar-refractivity contribution >= 4 is 0 Å². The maximum Gasteiger partial charge on any atom is 0.323 e. The Morgan fingerprint density at radius 1 is 0.912 bits per heavy atom. The van der Waals surface area contributed by atoms with Gasteiger partial charge in [-0.05, 0) is 52.7 Å². The summed E-state index contributed by atoms with van der Waals surface area (Å²) in [6.07, 6.45) is 2.96. The third kappa shape index (κ3) is 4.46. The van der Waals surface area contributed by atoms with Crippen LogP contribution in [-0.4, -0.2) is 35.3 Å². The Hall–Kier alpha value is -4.24.